The summed E-state index contributed by atoms with van der Waals surface area (Å²) in [6.07, 6.45) is 7.28. The first kappa shape index (κ1) is 17.8. The van der Waals surface area contributed by atoms with E-state index in [-0.39, 0.29) is 22.9 Å². The molecule has 7 heteroatoms. The zero-order valence-electron chi connectivity index (χ0n) is 15.9. The SMILES string of the molecule is C=C1C(=O)N=C(n2nc(C3CC3)cc2NC(=O)C2(C)CCCCC2)N=C1C. The van der Waals surface area contributed by atoms with Gasteiger partial charge in [0.15, 0.2) is 0 Å². The number of carbonyl (C=O) groups excluding carboxylic acids is 2. The molecule has 1 aromatic heterocycles. The van der Waals surface area contributed by atoms with Crippen LogP contribution < -0.4 is 5.32 Å². The van der Waals surface area contributed by atoms with Crippen molar-refractivity contribution < 1.29 is 9.59 Å². The molecule has 142 valence electrons. The van der Waals surface area contributed by atoms with Gasteiger partial charge in [0, 0.05) is 17.4 Å². The Balaban J connectivity index is 1.66. The zero-order chi connectivity index (χ0) is 19.2. The average Bonchev–Trinajstić information content (AvgIpc) is 3.41. The van der Waals surface area contributed by atoms with Gasteiger partial charge in [-0.3, -0.25) is 9.59 Å². The zero-order valence-corrected chi connectivity index (χ0v) is 15.9. The number of nitrogens with zero attached hydrogens (tertiary/aromatic N) is 4. The van der Waals surface area contributed by atoms with Crippen LogP contribution >= 0.6 is 0 Å². The molecular weight excluding hydrogens is 342 g/mol. The fourth-order valence-corrected chi connectivity index (χ4v) is 3.70. The lowest BCUT2D eigenvalue weighted by atomic mass is 9.75. The minimum atomic E-state index is -0.419. The second kappa shape index (κ2) is 6.55. The van der Waals surface area contributed by atoms with Gasteiger partial charge in [-0.05, 0) is 32.6 Å². The smallest absolute Gasteiger partial charge is 0.281 e. The quantitative estimate of drug-likeness (QED) is 0.830. The lowest BCUT2D eigenvalue weighted by molar-refractivity contribution is -0.126. The average molecular weight is 367 g/mol. The molecule has 2 heterocycles. The molecule has 7 nitrogen and oxygen atoms in total. The van der Waals surface area contributed by atoms with Crippen molar-refractivity contribution in [2.24, 2.45) is 15.4 Å². The number of anilines is 1. The molecule has 0 radical (unpaired) electrons. The summed E-state index contributed by atoms with van der Waals surface area (Å²) in [5.41, 5.74) is 1.34. The van der Waals surface area contributed by atoms with Gasteiger partial charge in [-0.25, -0.2) is 4.99 Å². The molecule has 0 spiro atoms. The van der Waals surface area contributed by atoms with Crippen LogP contribution in [0.2, 0.25) is 0 Å². The van der Waals surface area contributed by atoms with Crippen molar-refractivity contribution in [3.63, 3.8) is 0 Å². The molecule has 2 fully saturated rings. The van der Waals surface area contributed by atoms with Crippen molar-refractivity contribution in [1.29, 1.82) is 0 Å². The maximum absolute atomic E-state index is 13.0. The predicted octanol–water partition coefficient (Wildman–Crippen LogP) is 3.43. The number of nitrogens with one attached hydrogen (secondary N) is 1. The number of aromatic nitrogens is 2. The first-order valence-corrected chi connectivity index (χ1v) is 9.67. The summed E-state index contributed by atoms with van der Waals surface area (Å²) in [5.74, 6) is 0.702. The van der Waals surface area contributed by atoms with E-state index in [1.807, 2.05) is 13.0 Å². The Bertz CT molecular complexity index is 882. The summed E-state index contributed by atoms with van der Waals surface area (Å²) < 4.78 is 1.49. The highest BCUT2D eigenvalue weighted by molar-refractivity contribution is 6.27. The van der Waals surface area contributed by atoms with E-state index in [4.69, 9.17) is 0 Å². The molecule has 27 heavy (non-hydrogen) atoms. The molecule has 0 bridgehead atoms. The Labute approximate surface area is 158 Å². The van der Waals surface area contributed by atoms with Crippen molar-refractivity contribution in [2.75, 3.05) is 5.32 Å². The highest BCUT2D eigenvalue weighted by atomic mass is 16.2. The van der Waals surface area contributed by atoms with Crippen LogP contribution in [-0.2, 0) is 9.59 Å². The third-order valence-electron chi connectivity index (χ3n) is 5.82. The molecule has 1 aliphatic heterocycles. The summed E-state index contributed by atoms with van der Waals surface area (Å²) >= 11 is 0. The van der Waals surface area contributed by atoms with Crippen molar-refractivity contribution in [3.8, 4) is 0 Å². The Hall–Kier alpha value is -2.57. The fourth-order valence-electron chi connectivity index (χ4n) is 3.70. The molecule has 0 saturated heterocycles. The van der Waals surface area contributed by atoms with Gasteiger partial charge in [0.2, 0.25) is 5.91 Å². The molecule has 2 aliphatic carbocycles. The van der Waals surface area contributed by atoms with E-state index in [1.165, 1.54) is 11.1 Å². The summed E-state index contributed by atoms with van der Waals surface area (Å²) in [6.45, 7) is 7.45. The van der Waals surface area contributed by atoms with Gasteiger partial charge in [0.25, 0.3) is 11.9 Å². The fraction of sp³-hybridized carbons (Fsp3) is 0.550. The lowest BCUT2D eigenvalue weighted by Crippen LogP contribution is -2.36. The van der Waals surface area contributed by atoms with Gasteiger partial charge in [-0.15, -0.1) is 0 Å². The maximum Gasteiger partial charge on any atom is 0.281 e. The second-order valence-corrected chi connectivity index (χ2v) is 8.11. The van der Waals surface area contributed by atoms with Gasteiger partial charge < -0.3 is 5.32 Å². The van der Waals surface area contributed by atoms with Crippen molar-refractivity contribution in [1.82, 2.24) is 9.78 Å². The Morgan fingerprint density at radius 3 is 2.59 bits per heavy atom. The molecule has 2 saturated carbocycles. The van der Waals surface area contributed by atoms with Crippen LogP contribution in [0.25, 0.3) is 0 Å². The van der Waals surface area contributed by atoms with Crippen molar-refractivity contribution in [2.45, 2.75) is 64.7 Å². The molecule has 3 aliphatic rings. The Morgan fingerprint density at radius 1 is 1.26 bits per heavy atom. The first-order valence-electron chi connectivity index (χ1n) is 9.67. The molecule has 2 amide bonds. The van der Waals surface area contributed by atoms with E-state index in [0.29, 0.717) is 17.4 Å². The van der Waals surface area contributed by atoms with Gasteiger partial charge in [0.1, 0.15) is 5.82 Å². The van der Waals surface area contributed by atoms with Crippen LogP contribution in [0.1, 0.15) is 70.4 Å². The monoisotopic (exact) mass is 367 g/mol. The third kappa shape index (κ3) is 3.38. The molecule has 1 aromatic rings. The molecule has 1 N–H and O–H groups in total. The first-order chi connectivity index (χ1) is 12.9. The molecule has 0 atom stereocenters. The van der Waals surface area contributed by atoms with Gasteiger partial charge in [-0.1, -0.05) is 32.8 Å². The van der Waals surface area contributed by atoms with Crippen LogP contribution in [0.5, 0.6) is 0 Å². The topological polar surface area (TPSA) is 88.7 Å². The third-order valence-corrected chi connectivity index (χ3v) is 5.82. The van der Waals surface area contributed by atoms with E-state index in [2.05, 4.69) is 27.0 Å². The number of hydrogen-bond donors (Lipinski definition) is 1. The molecule has 0 aromatic carbocycles. The summed E-state index contributed by atoms with van der Waals surface area (Å²) in [6, 6.07) is 1.89. The Kier molecular flexibility index (Phi) is 4.32. The highest BCUT2D eigenvalue weighted by Crippen LogP contribution is 2.41. The lowest BCUT2D eigenvalue weighted by Gasteiger charge is -2.31. The highest BCUT2D eigenvalue weighted by Gasteiger charge is 2.36. The molecule has 4 rings (SSSR count). The van der Waals surface area contributed by atoms with E-state index in [0.717, 1.165) is 44.2 Å². The second-order valence-electron chi connectivity index (χ2n) is 8.11. The Morgan fingerprint density at radius 2 is 1.96 bits per heavy atom. The van der Waals surface area contributed by atoms with Gasteiger partial charge in [-0.2, -0.15) is 14.8 Å². The van der Waals surface area contributed by atoms with Crippen molar-refractivity contribution >= 4 is 29.3 Å². The molecular formula is C20H25N5O2. The molecule has 0 unspecified atom stereocenters. The van der Waals surface area contributed by atoms with E-state index >= 15 is 0 Å². The van der Waals surface area contributed by atoms with Crippen LogP contribution in [0.3, 0.4) is 0 Å². The summed E-state index contributed by atoms with van der Waals surface area (Å²) in [7, 11) is 0. The van der Waals surface area contributed by atoms with E-state index in [1.54, 1.807) is 6.92 Å². The van der Waals surface area contributed by atoms with Crippen LogP contribution in [0, 0.1) is 5.41 Å². The van der Waals surface area contributed by atoms with Gasteiger partial charge in [0.05, 0.1) is 17.0 Å². The summed E-state index contributed by atoms with van der Waals surface area (Å²) in [5, 5.41) is 7.63. The largest absolute Gasteiger partial charge is 0.310 e. The summed E-state index contributed by atoms with van der Waals surface area (Å²) in [4.78, 5) is 33.5. The van der Waals surface area contributed by atoms with Crippen LogP contribution in [0.15, 0.2) is 28.2 Å². The van der Waals surface area contributed by atoms with Gasteiger partial charge >= 0.3 is 0 Å². The van der Waals surface area contributed by atoms with E-state index < -0.39 is 5.91 Å². The predicted molar refractivity (Wildman–Crippen MR) is 104 cm³/mol. The minimum absolute atomic E-state index is 0.00135. The van der Waals surface area contributed by atoms with Crippen molar-refractivity contribution in [3.05, 3.63) is 23.9 Å². The standard InChI is InChI=1S/C20H25N5O2/c1-12-13(2)21-19(23-17(12)26)25-16(11-15(24-25)14-7-8-14)22-18(27)20(3)9-5-4-6-10-20/h11,14H,1,4-10H2,2-3H3,(H,22,27). The van der Waals surface area contributed by atoms with Crippen LogP contribution in [-0.4, -0.2) is 33.3 Å². The number of amides is 2. The number of carbonyl (C=O) groups is 2. The normalized spacial score (nSPS) is 22.3. The number of rotatable bonds is 3. The number of hydrogen-bond acceptors (Lipinski definition) is 4. The van der Waals surface area contributed by atoms with Crippen LogP contribution in [0.4, 0.5) is 5.82 Å². The maximum atomic E-state index is 13.0. The minimum Gasteiger partial charge on any atom is -0.310 e. The number of aliphatic imine (C=N–C) groups is 2. The van der Waals surface area contributed by atoms with E-state index in [9.17, 15) is 9.59 Å².